The highest BCUT2D eigenvalue weighted by atomic mass is 16.3. The lowest BCUT2D eigenvalue weighted by atomic mass is 9.89. The molecular weight excluding hydrogens is 330 g/mol. The smallest absolute Gasteiger partial charge is 0.317 e. The molecule has 0 atom stereocenters. The predicted molar refractivity (Wildman–Crippen MR) is 99.3 cm³/mol. The Labute approximate surface area is 153 Å². The van der Waals surface area contributed by atoms with Crippen molar-refractivity contribution in [2.24, 2.45) is 0 Å². The van der Waals surface area contributed by atoms with E-state index in [4.69, 9.17) is 0 Å². The Balaban J connectivity index is 1.53. The van der Waals surface area contributed by atoms with E-state index < -0.39 is 0 Å². The number of piperidine rings is 1. The van der Waals surface area contributed by atoms with Gasteiger partial charge in [-0.15, -0.1) is 0 Å². The first-order valence-corrected chi connectivity index (χ1v) is 8.91. The molecule has 0 bridgehead atoms. The summed E-state index contributed by atoms with van der Waals surface area (Å²) in [6, 6.07) is 8.62. The molecule has 1 saturated heterocycles. The van der Waals surface area contributed by atoms with Crippen LogP contribution in [0.3, 0.4) is 0 Å². The SMILES string of the molecule is Cc1cc(CNC(=O)N2CCC(c3ccc(O)cc3O)CC2)cc(C)n1. The highest BCUT2D eigenvalue weighted by Gasteiger charge is 2.25. The number of urea groups is 1. The van der Waals surface area contributed by atoms with E-state index in [9.17, 15) is 15.0 Å². The number of pyridine rings is 1. The van der Waals surface area contributed by atoms with Crippen molar-refractivity contribution in [1.29, 1.82) is 0 Å². The molecule has 1 aromatic carbocycles. The second-order valence-electron chi connectivity index (χ2n) is 6.92. The van der Waals surface area contributed by atoms with Crippen LogP contribution in [0.25, 0.3) is 0 Å². The van der Waals surface area contributed by atoms with Crippen LogP contribution in [0.4, 0.5) is 4.79 Å². The molecule has 138 valence electrons. The van der Waals surface area contributed by atoms with Gasteiger partial charge in [0.25, 0.3) is 0 Å². The molecule has 6 nitrogen and oxygen atoms in total. The largest absolute Gasteiger partial charge is 0.508 e. The number of carbonyl (C=O) groups excluding carboxylic acids is 1. The summed E-state index contributed by atoms with van der Waals surface area (Å²) < 4.78 is 0. The van der Waals surface area contributed by atoms with E-state index in [2.05, 4.69) is 10.3 Å². The monoisotopic (exact) mass is 355 g/mol. The Morgan fingerprint density at radius 2 is 1.81 bits per heavy atom. The van der Waals surface area contributed by atoms with Gasteiger partial charge in [-0.2, -0.15) is 0 Å². The zero-order chi connectivity index (χ0) is 18.7. The Bertz CT molecular complexity index is 779. The Kier molecular flexibility index (Phi) is 5.30. The van der Waals surface area contributed by atoms with Crippen LogP contribution in [0.1, 0.15) is 41.3 Å². The van der Waals surface area contributed by atoms with Gasteiger partial charge in [-0.25, -0.2) is 4.79 Å². The van der Waals surface area contributed by atoms with Gasteiger partial charge in [-0.1, -0.05) is 6.07 Å². The number of aromatic nitrogens is 1. The molecule has 2 heterocycles. The lowest BCUT2D eigenvalue weighted by Crippen LogP contribution is -2.43. The summed E-state index contributed by atoms with van der Waals surface area (Å²) in [6.45, 7) is 5.67. The zero-order valence-electron chi connectivity index (χ0n) is 15.2. The van der Waals surface area contributed by atoms with Crippen LogP contribution in [-0.4, -0.2) is 39.2 Å². The molecule has 0 radical (unpaired) electrons. The molecule has 1 aliphatic heterocycles. The summed E-state index contributed by atoms with van der Waals surface area (Å²) in [5.74, 6) is 0.381. The maximum Gasteiger partial charge on any atom is 0.317 e. The number of carbonyl (C=O) groups is 1. The minimum absolute atomic E-state index is 0.0599. The van der Waals surface area contributed by atoms with Crippen LogP contribution < -0.4 is 5.32 Å². The fourth-order valence-corrected chi connectivity index (χ4v) is 3.58. The highest BCUT2D eigenvalue weighted by Crippen LogP contribution is 2.35. The third kappa shape index (κ3) is 4.25. The van der Waals surface area contributed by atoms with Gasteiger partial charge in [0.15, 0.2) is 0 Å². The minimum atomic E-state index is -0.0644. The van der Waals surface area contributed by atoms with Crippen LogP contribution in [0, 0.1) is 13.8 Å². The Morgan fingerprint density at radius 1 is 1.15 bits per heavy atom. The molecule has 0 aliphatic carbocycles. The van der Waals surface area contributed by atoms with Gasteiger partial charge >= 0.3 is 6.03 Å². The molecule has 6 heteroatoms. The number of likely N-dealkylation sites (tertiary alicyclic amines) is 1. The average Bonchev–Trinajstić information content (AvgIpc) is 2.59. The summed E-state index contributed by atoms with van der Waals surface area (Å²) in [6.07, 6.45) is 1.58. The molecule has 0 saturated carbocycles. The molecular formula is C20H25N3O3. The summed E-state index contributed by atoms with van der Waals surface area (Å²) in [7, 11) is 0. The third-order valence-corrected chi connectivity index (χ3v) is 4.82. The molecule has 2 amide bonds. The van der Waals surface area contributed by atoms with Crippen molar-refractivity contribution in [2.75, 3.05) is 13.1 Å². The van der Waals surface area contributed by atoms with Crippen LogP contribution in [-0.2, 0) is 6.54 Å². The minimum Gasteiger partial charge on any atom is -0.508 e. The number of rotatable bonds is 3. The van der Waals surface area contributed by atoms with Gasteiger partial charge in [-0.05, 0) is 61.9 Å². The number of benzene rings is 1. The molecule has 1 aliphatic rings. The Hall–Kier alpha value is -2.76. The van der Waals surface area contributed by atoms with E-state index in [1.54, 1.807) is 12.1 Å². The van der Waals surface area contributed by atoms with E-state index in [-0.39, 0.29) is 23.4 Å². The van der Waals surface area contributed by atoms with E-state index in [0.29, 0.717) is 19.6 Å². The summed E-state index contributed by atoms with van der Waals surface area (Å²) in [5.41, 5.74) is 3.78. The van der Waals surface area contributed by atoms with Crippen molar-refractivity contribution in [3.05, 3.63) is 52.8 Å². The standard InChI is InChI=1S/C20H25N3O3/c1-13-9-15(10-14(2)22-13)12-21-20(26)23-7-5-16(6-8-23)18-4-3-17(24)11-19(18)25/h3-4,9-11,16,24-25H,5-8,12H2,1-2H3,(H,21,26). The van der Waals surface area contributed by atoms with Crippen molar-refractivity contribution in [2.45, 2.75) is 39.2 Å². The van der Waals surface area contributed by atoms with Gasteiger partial charge in [0, 0.05) is 37.1 Å². The number of nitrogens with one attached hydrogen (secondary N) is 1. The van der Waals surface area contributed by atoms with Gasteiger partial charge in [0.2, 0.25) is 0 Å². The number of amides is 2. The zero-order valence-corrected chi connectivity index (χ0v) is 15.2. The Morgan fingerprint density at radius 3 is 2.42 bits per heavy atom. The molecule has 3 N–H and O–H groups in total. The van der Waals surface area contributed by atoms with Crippen molar-refractivity contribution < 1.29 is 15.0 Å². The number of phenols is 2. The highest BCUT2D eigenvalue weighted by molar-refractivity contribution is 5.74. The van der Waals surface area contributed by atoms with Crippen molar-refractivity contribution in [1.82, 2.24) is 15.2 Å². The molecule has 26 heavy (non-hydrogen) atoms. The number of hydrogen-bond acceptors (Lipinski definition) is 4. The van der Waals surface area contributed by atoms with Gasteiger partial charge in [-0.3, -0.25) is 4.98 Å². The molecule has 1 aromatic heterocycles. The molecule has 1 fully saturated rings. The van der Waals surface area contributed by atoms with E-state index in [1.165, 1.54) is 6.07 Å². The first kappa shape index (κ1) is 18.0. The lowest BCUT2D eigenvalue weighted by Gasteiger charge is -2.32. The normalized spacial score (nSPS) is 15.1. The maximum absolute atomic E-state index is 12.4. The molecule has 2 aromatic rings. The molecule has 0 spiro atoms. The van der Waals surface area contributed by atoms with Crippen LogP contribution in [0.2, 0.25) is 0 Å². The number of aromatic hydroxyl groups is 2. The maximum atomic E-state index is 12.4. The van der Waals surface area contributed by atoms with Crippen LogP contribution >= 0.6 is 0 Å². The summed E-state index contributed by atoms with van der Waals surface area (Å²) in [4.78, 5) is 18.6. The predicted octanol–water partition coefficient (Wildman–Crippen LogP) is 3.20. The topological polar surface area (TPSA) is 85.7 Å². The number of nitrogens with zero attached hydrogens (tertiary/aromatic N) is 2. The van der Waals surface area contributed by atoms with Gasteiger partial charge in [0.05, 0.1) is 0 Å². The van der Waals surface area contributed by atoms with Crippen molar-refractivity contribution in [3.8, 4) is 11.5 Å². The second-order valence-corrected chi connectivity index (χ2v) is 6.92. The molecule has 0 unspecified atom stereocenters. The molecule has 3 rings (SSSR count). The average molecular weight is 355 g/mol. The van der Waals surface area contributed by atoms with Gasteiger partial charge < -0.3 is 20.4 Å². The fraction of sp³-hybridized carbons (Fsp3) is 0.400. The van der Waals surface area contributed by atoms with Gasteiger partial charge in [0.1, 0.15) is 11.5 Å². The number of hydrogen-bond donors (Lipinski definition) is 3. The lowest BCUT2D eigenvalue weighted by molar-refractivity contribution is 0.180. The van der Waals surface area contributed by atoms with Crippen molar-refractivity contribution >= 4 is 6.03 Å². The van der Waals surface area contributed by atoms with E-state index in [0.717, 1.165) is 35.4 Å². The van der Waals surface area contributed by atoms with E-state index >= 15 is 0 Å². The van der Waals surface area contributed by atoms with Crippen molar-refractivity contribution in [3.63, 3.8) is 0 Å². The van der Waals surface area contributed by atoms with Crippen LogP contribution in [0.15, 0.2) is 30.3 Å². The fourth-order valence-electron chi connectivity index (χ4n) is 3.58. The first-order valence-electron chi connectivity index (χ1n) is 8.91. The quantitative estimate of drug-likeness (QED) is 0.789. The van der Waals surface area contributed by atoms with E-state index in [1.807, 2.05) is 30.9 Å². The second kappa shape index (κ2) is 7.64. The first-order chi connectivity index (χ1) is 12.4. The number of aryl methyl sites for hydroxylation is 2. The third-order valence-electron chi connectivity index (χ3n) is 4.82. The summed E-state index contributed by atoms with van der Waals surface area (Å²) in [5, 5.41) is 22.4. The van der Waals surface area contributed by atoms with Crippen LogP contribution in [0.5, 0.6) is 11.5 Å². The number of phenolic OH excluding ortho intramolecular Hbond substituents is 2. The summed E-state index contributed by atoms with van der Waals surface area (Å²) >= 11 is 0.